The van der Waals surface area contributed by atoms with Crippen molar-refractivity contribution in [1.29, 1.82) is 0 Å². The number of primary amides is 1. The van der Waals surface area contributed by atoms with Crippen LogP contribution in [0.3, 0.4) is 0 Å². The molecule has 1 aliphatic carbocycles. The van der Waals surface area contributed by atoms with Crippen molar-refractivity contribution in [3.8, 4) is 11.5 Å². The SMILES string of the molecule is CN(N=Cc1ccccc1Oc1ccc2c(c1)CCCC2)C(N)=O. The molecule has 124 valence electrons. The average Bonchev–Trinajstić information content (AvgIpc) is 2.60. The van der Waals surface area contributed by atoms with E-state index in [9.17, 15) is 4.79 Å². The van der Waals surface area contributed by atoms with Gasteiger partial charge in [0.2, 0.25) is 0 Å². The van der Waals surface area contributed by atoms with E-state index in [2.05, 4.69) is 17.2 Å². The largest absolute Gasteiger partial charge is 0.457 e. The number of hydrazone groups is 1. The number of hydrogen-bond donors (Lipinski definition) is 1. The normalized spacial score (nSPS) is 13.5. The Kier molecular flexibility index (Phi) is 4.79. The van der Waals surface area contributed by atoms with E-state index in [4.69, 9.17) is 10.5 Å². The number of aryl methyl sites for hydroxylation is 2. The molecule has 3 rings (SSSR count). The summed E-state index contributed by atoms with van der Waals surface area (Å²) in [6, 6.07) is 13.2. The van der Waals surface area contributed by atoms with E-state index < -0.39 is 6.03 Å². The van der Waals surface area contributed by atoms with Gasteiger partial charge in [0.15, 0.2) is 0 Å². The number of nitrogens with two attached hydrogens (primary N) is 1. The lowest BCUT2D eigenvalue weighted by Gasteiger charge is -2.17. The number of fused-ring (bicyclic) bond motifs is 1. The lowest BCUT2D eigenvalue weighted by atomic mass is 9.92. The van der Waals surface area contributed by atoms with Crippen LogP contribution in [0.15, 0.2) is 47.6 Å². The number of benzene rings is 2. The summed E-state index contributed by atoms with van der Waals surface area (Å²) >= 11 is 0. The highest BCUT2D eigenvalue weighted by Crippen LogP contribution is 2.29. The zero-order chi connectivity index (χ0) is 16.9. The van der Waals surface area contributed by atoms with Gasteiger partial charge in [0.1, 0.15) is 11.5 Å². The van der Waals surface area contributed by atoms with E-state index in [1.807, 2.05) is 30.3 Å². The Balaban J connectivity index is 1.81. The summed E-state index contributed by atoms with van der Waals surface area (Å²) in [5, 5.41) is 5.10. The number of ether oxygens (including phenoxy) is 1. The monoisotopic (exact) mass is 323 g/mol. The van der Waals surface area contributed by atoms with Gasteiger partial charge in [-0.15, -0.1) is 0 Å². The first-order valence-electron chi connectivity index (χ1n) is 8.09. The van der Waals surface area contributed by atoms with Gasteiger partial charge in [-0.2, -0.15) is 5.10 Å². The standard InChI is InChI=1S/C19H21N3O2/c1-22(19(20)23)21-13-16-8-4-5-9-18(16)24-17-11-10-14-6-2-3-7-15(14)12-17/h4-5,8-13H,2-3,6-7H2,1H3,(H2,20,23). The molecule has 0 heterocycles. The number of rotatable bonds is 4. The van der Waals surface area contributed by atoms with E-state index >= 15 is 0 Å². The van der Waals surface area contributed by atoms with Crippen LogP contribution in [0.1, 0.15) is 29.5 Å². The molecule has 0 bridgehead atoms. The Labute approximate surface area is 141 Å². The molecule has 0 aliphatic heterocycles. The van der Waals surface area contributed by atoms with Gasteiger partial charge in [0.05, 0.1) is 6.21 Å². The number of para-hydroxylation sites is 1. The predicted molar refractivity (Wildman–Crippen MR) is 94.5 cm³/mol. The third-order valence-electron chi connectivity index (χ3n) is 4.16. The minimum atomic E-state index is -0.612. The highest BCUT2D eigenvalue weighted by Gasteiger charge is 2.11. The Morgan fingerprint density at radius 3 is 2.71 bits per heavy atom. The second-order valence-electron chi connectivity index (χ2n) is 5.88. The highest BCUT2D eigenvalue weighted by atomic mass is 16.5. The second kappa shape index (κ2) is 7.17. The van der Waals surface area contributed by atoms with Gasteiger partial charge >= 0.3 is 6.03 Å². The zero-order valence-corrected chi connectivity index (χ0v) is 13.7. The molecule has 0 saturated carbocycles. The van der Waals surface area contributed by atoms with Gasteiger partial charge < -0.3 is 10.5 Å². The summed E-state index contributed by atoms with van der Waals surface area (Å²) in [7, 11) is 1.51. The maximum absolute atomic E-state index is 11.0. The fourth-order valence-electron chi connectivity index (χ4n) is 2.79. The van der Waals surface area contributed by atoms with Crippen molar-refractivity contribution in [2.75, 3.05) is 7.05 Å². The molecule has 0 radical (unpaired) electrons. The van der Waals surface area contributed by atoms with Crippen molar-refractivity contribution in [3.05, 3.63) is 59.2 Å². The van der Waals surface area contributed by atoms with Crippen molar-refractivity contribution >= 4 is 12.2 Å². The first-order chi connectivity index (χ1) is 11.6. The number of carbonyl (C=O) groups excluding carboxylic acids is 1. The van der Waals surface area contributed by atoms with Crippen LogP contribution in [-0.2, 0) is 12.8 Å². The molecule has 0 atom stereocenters. The second-order valence-corrected chi connectivity index (χ2v) is 5.88. The van der Waals surface area contributed by atoms with E-state index in [1.54, 1.807) is 6.21 Å². The molecular weight excluding hydrogens is 302 g/mol. The van der Waals surface area contributed by atoms with Gasteiger partial charge in [-0.3, -0.25) is 0 Å². The summed E-state index contributed by atoms with van der Waals surface area (Å²) in [5.41, 5.74) is 8.75. The molecule has 0 saturated heterocycles. The first kappa shape index (κ1) is 16.1. The van der Waals surface area contributed by atoms with Gasteiger partial charge in [-0.25, -0.2) is 9.80 Å². The Morgan fingerprint density at radius 1 is 1.17 bits per heavy atom. The molecule has 5 nitrogen and oxygen atoms in total. The summed E-state index contributed by atoms with van der Waals surface area (Å²) in [4.78, 5) is 11.0. The first-order valence-corrected chi connectivity index (χ1v) is 8.09. The van der Waals surface area contributed by atoms with Crippen molar-refractivity contribution in [2.24, 2.45) is 10.8 Å². The van der Waals surface area contributed by atoms with E-state index in [-0.39, 0.29) is 0 Å². The zero-order valence-electron chi connectivity index (χ0n) is 13.7. The number of hydrogen-bond acceptors (Lipinski definition) is 3. The van der Waals surface area contributed by atoms with Crippen molar-refractivity contribution < 1.29 is 9.53 Å². The fraction of sp³-hybridized carbons (Fsp3) is 0.263. The molecule has 5 heteroatoms. The molecule has 1 aliphatic rings. The van der Waals surface area contributed by atoms with Crippen LogP contribution in [0.5, 0.6) is 11.5 Å². The molecule has 0 spiro atoms. The third-order valence-corrected chi connectivity index (χ3v) is 4.16. The third kappa shape index (κ3) is 3.74. The quantitative estimate of drug-likeness (QED) is 0.688. The van der Waals surface area contributed by atoms with Gasteiger partial charge in [-0.1, -0.05) is 18.2 Å². The fourth-order valence-corrected chi connectivity index (χ4v) is 2.79. The number of urea groups is 1. The maximum Gasteiger partial charge on any atom is 0.334 e. The summed E-state index contributed by atoms with van der Waals surface area (Å²) in [6.07, 6.45) is 6.33. The molecule has 24 heavy (non-hydrogen) atoms. The van der Waals surface area contributed by atoms with Gasteiger partial charge in [-0.05, 0) is 61.1 Å². The maximum atomic E-state index is 11.0. The number of nitrogens with zero attached hydrogens (tertiary/aromatic N) is 2. The minimum Gasteiger partial charge on any atom is -0.457 e. The van der Waals surface area contributed by atoms with Crippen LogP contribution < -0.4 is 10.5 Å². The number of amides is 2. The highest BCUT2D eigenvalue weighted by molar-refractivity contribution is 5.84. The lowest BCUT2D eigenvalue weighted by Crippen LogP contribution is -2.27. The molecule has 0 aromatic heterocycles. The van der Waals surface area contributed by atoms with E-state index in [1.165, 1.54) is 31.0 Å². The smallest absolute Gasteiger partial charge is 0.334 e. The van der Waals surface area contributed by atoms with Crippen LogP contribution in [0, 0.1) is 0 Å². The van der Waals surface area contributed by atoms with Gasteiger partial charge in [0.25, 0.3) is 0 Å². The molecule has 2 aromatic rings. The Bertz CT molecular complexity index is 771. The Hall–Kier alpha value is -2.82. The van der Waals surface area contributed by atoms with Crippen LogP contribution in [0.25, 0.3) is 0 Å². The molecular formula is C19H21N3O2. The molecule has 0 unspecified atom stereocenters. The van der Waals surface area contributed by atoms with Crippen molar-refractivity contribution in [1.82, 2.24) is 5.01 Å². The van der Waals surface area contributed by atoms with Crippen molar-refractivity contribution in [2.45, 2.75) is 25.7 Å². The van der Waals surface area contributed by atoms with E-state index in [0.29, 0.717) is 5.75 Å². The van der Waals surface area contributed by atoms with E-state index in [0.717, 1.165) is 29.2 Å². The summed E-state index contributed by atoms with van der Waals surface area (Å²) in [5.74, 6) is 1.51. The van der Waals surface area contributed by atoms with Crippen LogP contribution in [0.4, 0.5) is 4.79 Å². The minimum absolute atomic E-state index is 0.612. The van der Waals surface area contributed by atoms with Crippen LogP contribution >= 0.6 is 0 Å². The average molecular weight is 323 g/mol. The molecule has 0 fully saturated rings. The number of carbonyl (C=O) groups is 1. The Morgan fingerprint density at radius 2 is 1.92 bits per heavy atom. The summed E-state index contributed by atoms with van der Waals surface area (Å²) in [6.45, 7) is 0. The van der Waals surface area contributed by atoms with Crippen molar-refractivity contribution in [3.63, 3.8) is 0 Å². The topological polar surface area (TPSA) is 67.9 Å². The summed E-state index contributed by atoms with van der Waals surface area (Å²) < 4.78 is 6.04. The molecule has 2 N–H and O–H groups in total. The lowest BCUT2D eigenvalue weighted by molar-refractivity contribution is 0.220. The molecule has 2 aromatic carbocycles. The van der Waals surface area contributed by atoms with Crippen LogP contribution in [0.2, 0.25) is 0 Å². The predicted octanol–water partition coefficient (Wildman–Crippen LogP) is 3.70. The molecule has 2 amide bonds. The van der Waals surface area contributed by atoms with Gasteiger partial charge in [0, 0.05) is 12.6 Å². The van der Waals surface area contributed by atoms with Crippen LogP contribution in [-0.4, -0.2) is 24.3 Å².